The van der Waals surface area contributed by atoms with E-state index in [0.717, 1.165) is 18.4 Å². The number of aliphatic carboxylic acids is 1. The molecule has 0 saturated heterocycles. The first-order valence-corrected chi connectivity index (χ1v) is 6.63. The summed E-state index contributed by atoms with van der Waals surface area (Å²) in [6.45, 7) is 1.46. The van der Waals surface area contributed by atoms with E-state index < -0.39 is 17.3 Å². The number of hydrogen-bond acceptors (Lipinski definition) is 3. The van der Waals surface area contributed by atoms with Gasteiger partial charge >= 0.3 is 5.97 Å². The molecule has 0 bridgehead atoms. The Morgan fingerprint density at radius 3 is 2.70 bits per heavy atom. The first kappa shape index (κ1) is 14.4. The van der Waals surface area contributed by atoms with E-state index in [9.17, 15) is 14.7 Å². The zero-order chi connectivity index (χ0) is 14.8. The van der Waals surface area contributed by atoms with Gasteiger partial charge in [-0.25, -0.2) is 0 Å². The lowest BCUT2D eigenvalue weighted by Crippen LogP contribution is -2.46. The van der Waals surface area contributed by atoms with Crippen LogP contribution in [0, 0.1) is 5.41 Å². The molecular formula is C15H19NO4. The van der Waals surface area contributed by atoms with Crippen LogP contribution in [0.2, 0.25) is 0 Å². The second-order valence-electron chi connectivity index (χ2n) is 5.41. The molecule has 1 aliphatic carbocycles. The van der Waals surface area contributed by atoms with Crippen LogP contribution in [-0.2, 0) is 16.0 Å². The van der Waals surface area contributed by atoms with Crippen molar-refractivity contribution in [3.63, 3.8) is 0 Å². The second-order valence-corrected chi connectivity index (χ2v) is 5.41. The maximum Gasteiger partial charge on any atom is 0.319 e. The predicted molar refractivity (Wildman–Crippen MR) is 73.6 cm³/mol. The van der Waals surface area contributed by atoms with Crippen molar-refractivity contribution in [2.75, 3.05) is 7.11 Å². The Labute approximate surface area is 117 Å². The number of rotatable bonds is 6. The molecule has 108 valence electrons. The molecule has 1 amide bonds. The highest BCUT2D eigenvalue weighted by Gasteiger charge is 2.43. The fourth-order valence-corrected chi connectivity index (χ4v) is 2.02. The minimum Gasteiger partial charge on any atom is -0.497 e. The molecule has 1 atom stereocenters. The van der Waals surface area contributed by atoms with E-state index in [1.807, 2.05) is 0 Å². The van der Waals surface area contributed by atoms with E-state index in [1.165, 1.54) is 6.92 Å². The van der Waals surface area contributed by atoms with Crippen LogP contribution < -0.4 is 10.1 Å². The van der Waals surface area contributed by atoms with Crippen molar-refractivity contribution in [2.24, 2.45) is 5.41 Å². The third-order valence-electron chi connectivity index (χ3n) is 3.58. The number of amides is 1. The summed E-state index contributed by atoms with van der Waals surface area (Å²) in [6.07, 6.45) is 2.00. The topological polar surface area (TPSA) is 75.6 Å². The minimum absolute atomic E-state index is 0.137. The highest BCUT2D eigenvalue weighted by Crippen LogP contribution is 2.28. The molecule has 1 aromatic rings. The van der Waals surface area contributed by atoms with Crippen LogP contribution in [0.4, 0.5) is 0 Å². The molecule has 1 fully saturated rings. The van der Waals surface area contributed by atoms with Gasteiger partial charge in [0.05, 0.1) is 7.11 Å². The predicted octanol–water partition coefficient (Wildman–Crippen LogP) is 1.61. The summed E-state index contributed by atoms with van der Waals surface area (Å²) in [7, 11) is 1.55. The molecule has 2 rings (SSSR count). The van der Waals surface area contributed by atoms with Crippen molar-refractivity contribution >= 4 is 11.9 Å². The van der Waals surface area contributed by atoms with Gasteiger partial charge in [-0.1, -0.05) is 12.1 Å². The number of hydrogen-bond donors (Lipinski definition) is 2. The maximum atomic E-state index is 12.2. The number of nitrogens with one attached hydrogen (secondary N) is 1. The molecule has 0 heterocycles. The minimum atomic E-state index is -1.46. The fourth-order valence-electron chi connectivity index (χ4n) is 2.02. The summed E-state index contributed by atoms with van der Waals surface area (Å²) >= 11 is 0. The third-order valence-corrected chi connectivity index (χ3v) is 3.58. The Hall–Kier alpha value is -2.04. The second kappa shape index (κ2) is 5.53. The van der Waals surface area contributed by atoms with Gasteiger partial charge in [-0.3, -0.25) is 9.59 Å². The number of benzene rings is 1. The lowest BCUT2D eigenvalue weighted by molar-refractivity contribution is -0.154. The molecule has 0 aliphatic heterocycles. The van der Waals surface area contributed by atoms with Gasteiger partial charge in [-0.2, -0.15) is 0 Å². The van der Waals surface area contributed by atoms with Crippen molar-refractivity contribution in [1.82, 2.24) is 5.32 Å². The Morgan fingerprint density at radius 2 is 2.15 bits per heavy atom. The fraction of sp³-hybridized carbons (Fsp3) is 0.467. The molecule has 0 spiro atoms. The number of carboxylic acids is 1. The number of carbonyl (C=O) groups is 2. The van der Waals surface area contributed by atoms with Crippen molar-refractivity contribution in [3.8, 4) is 5.75 Å². The Morgan fingerprint density at radius 1 is 1.45 bits per heavy atom. The molecule has 0 radical (unpaired) electrons. The smallest absolute Gasteiger partial charge is 0.319 e. The van der Waals surface area contributed by atoms with Gasteiger partial charge in [0.2, 0.25) is 5.91 Å². The van der Waals surface area contributed by atoms with Crippen molar-refractivity contribution in [2.45, 2.75) is 32.2 Å². The average Bonchev–Trinajstić information content (AvgIpc) is 3.22. The number of carbonyl (C=O) groups excluding carboxylic acids is 1. The van der Waals surface area contributed by atoms with Crippen molar-refractivity contribution < 1.29 is 19.4 Å². The number of methoxy groups -OCH3 is 1. The number of ether oxygens (including phenoxy) is 1. The SMILES string of the molecule is COc1cccc(CC(C)(C(=O)O)C(=O)NC2CC2)c1. The van der Waals surface area contributed by atoms with E-state index in [2.05, 4.69) is 5.32 Å². The average molecular weight is 277 g/mol. The Bertz CT molecular complexity index is 524. The first-order chi connectivity index (χ1) is 9.45. The standard InChI is InChI=1S/C15H19NO4/c1-15(14(18)19,13(17)16-11-6-7-11)9-10-4-3-5-12(8-10)20-2/h3-5,8,11H,6-7,9H2,1-2H3,(H,16,17)(H,18,19). The van der Waals surface area contributed by atoms with Crippen LogP contribution in [-0.4, -0.2) is 30.1 Å². The van der Waals surface area contributed by atoms with Crippen LogP contribution >= 0.6 is 0 Å². The molecule has 20 heavy (non-hydrogen) atoms. The van der Waals surface area contributed by atoms with E-state index >= 15 is 0 Å². The molecular weight excluding hydrogens is 258 g/mol. The normalized spacial score (nSPS) is 17.1. The van der Waals surface area contributed by atoms with E-state index in [1.54, 1.807) is 31.4 Å². The van der Waals surface area contributed by atoms with Gasteiger partial charge in [0.1, 0.15) is 11.2 Å². The quantitative estimate of drug-likeness (QED) is 0.775. The largest absolute Gasteiger partial charge is 0.497 e. The molecule has 1 aliphatic rings. The van der Waals surface area contributed by atoms with Crippen LogP contribution in [0.5, 0.6) is 5.75 Å². The maximum absolute atomic E-state index is 12.2. The van der Waals surface area contributed by atoms with Crippen molar-refractivity contribution in [1.29, 1.82) is 0 Å². The lowest BCUT2D eigenvalue weighted by Gasteiger charge is -2.24. The van der Waals surface area contributed by atoms with Crippen LogP contribution in [0.3, 0.4) is 0 Å². The van der Waals surface area contributed by atoms with Crippen LogP contribution in [0.25, 0.3) is 0 Å². The Balaban J connectivity index is 2.18. The summed E-state index contributed by atoms with van der Waals surface area (Å²) in [5.41, 5.74) is -0.699. The third kappa shape index (κ3) is 3.10. The zero-order valence-electron chi connectivity index (χ0n) is 11.7. The van der Waals surface area contributed by atoms with Gasteiger partial charge in [-0.15, -0.1) is 0 Å². The molecule has 1 unspecified atom stereocenters. The lowest BCUT2D eigenvalue weighted by atomic mass is 9.82. The van der Waals surface area contributed by atoms with Gasteiger partial charge in [0.25, 0.3) is 0 Å². The van der Waals surface area contributed by atoms with Crippen LogP contribution in [0.15, 0.2) is 24.3 Å². The summed E-state index contributed by atoms with van der Waals surface area (Å²) in [4.78, 5) is 23.7. The Kier molecular flexibility index (Phi) is 3.97. The van der Waals surface area contributed by atoms with Gasteiger partial charge in [-0.05, 0) is 43.9 Å². The first-order valence-electron chi connectivity index (χ1n) is 6.63. The van der Waals surface area contributed by atoms with Gasteiger partial charge in [0, 0.05) is 6.04 Å². The summed E-state index contributed by atoms with van der Waals surface area (Å²) < 4.78 is 5.12. The van der Waals surface area contributed by atoms with Crippen molar-refractivity contribution in [3.05, 3.63) is 29.8 Å². The van der Waals surface area contributed by atoms with Gasteiger partial charge < -0.3 is 15.2 Å². The van der Waals surface area contributed by atoms with E-state index in [0.29, 0.717) is 5.75 Å². The summed E-state index contributed by atoms with van der Waals surface area (Å²) in [5.74, 6) is -0.883. The molecule has 1 aromatic carbocycles. The van der Waals surface area contributed by atoms with E-state index in [4.69, 9.17) is 4.74 Å². The molecule has 1 saturated carbocycles. The van der Waals surface area contributed by atoms with E-state index in [-0.39, 0.29) is 12.5 Å². The number of carboxylic acid groups (broad SMARTS) is 1. The highest BCUT2D eigenvalue weighted by atomic mass is 16.5. The zero-order valence-corrected chi connectivity index (χ0v) is 11.7. The molecule has 2 N–H and O–H groups in total. The van der Waals surface area contributed by atoms with Gasteiger partial charge in [0.15, 0.2) is 0 Å². The molecule has 5 heteroatoms. The molecule has 0 aromatic heterocycles. The highest BCUT2D eigenvalue weighted by molar-refractivity contribution is 6.02. The summed E-state index contributed by atoms with van der Waals surface area (Å²) in [6, 6.07) is 7.27. The van der Waals surface area contributed by atoms with Crippen LogP contribution in [0.1, 0.15) is 25.3 Å². The summed E-state index contributed by atoms with van der Waals surface area (Å²) in [5, 5.41) is 12.2. The monoisotopic (exact) mass is 277 g/mol. The molecule has 5 nitrogen and oxygen atoms in total.